The fraction of sp³-hybridized carbons (Fsp3) is 0.519. The summed E-state index contributed by atoms with van der Waals surface area (Å²) in [4.78, 5) is 21.5. The van der Waals surface area contributed by atoms with Crippen molar-refractivity contribution < 1.29 is 9.53 Å². The van der Waals surface area contributed by atoms with Gasteiger partial charge in [-0.15, -0.1) is 5.10 Å². The van der Waals surface area contributed by atoms with Crippen LogP contribution >= 0.6 is 0 Å². The largest absolute Gasteiger partial charge is 0.444 e. The third-order valence-electron chi connectivity index (χ3n) is 7.22. The smallest absolute Gasteiger partial charge is 0.410 e. The number of benzene rings is 1. The number of nitrogens with zero attached hydrogens (tertiary/aromatic N) is 7. The van der Waals surface area contributed by atoms with Crippen molar-refractivity contribution in [1.82, 2.24) is 29.8 Å². The van der Waals surface area contributed by atoms with Crippen LogP contribution < -0.4 is 0 Å². The SMILES string of the molecule is Cc1cc(-c2cc3c(nnn3C)c(C#N)n2)ccc1CCCN1CC2CC1CN2C(=O)OC(C)(C)C. The standard InChI is InChI=1S/C27H33N7O2/c1-17-11-19(22-13-24-25(23(14-28)29-22)30-31-32(24)5)9-8-18(17)7-6-10-33-15-21-12-20(33)16-34(21)26(35)36-27(2,3)4/h8-9,11,13,20-21H,6-7,10,12,15-16H2,1-5H3. The molecular weight excluding hydrogens is 454 g/mol. The molecule has 3 aromatic rings. The lowest BCUT2D eigenvalue weighted by molar-refractivity contribution is 0.0129. The van der Waals surface area contributed by atoms with Crippen molar-refractivity contribution in [3.05, 3.63) is 41.1 Å². The second-order valence-electron chi connectivity index (χ2n) is 11.0. The first-order chi connectivity index (χ1) is 17.1. The molecule has 0 radical (unpaired) electrons. The summed E-state index contributed by atoms with van der Waals surface area (Å²) < 4.78 is 7.25. The molecule has 2 atom stereocenters. The number of nitriles is 1. The van der Waals surface area contributed by atoms with Crippen LogP contribution in [0, 0.1) is 18.3 Å². The van der Waals surface area contributed by atoms with Crippen LogP contribution in [-0.2, 0) is 18.2 Å². The van der Waals surface area contributed by atoms with Crippen LogP contribution in [0.2, 0.25) is 0 Å². The molecule has 9 heteroatoms. The molecule has 0 spiro atoms. The predicted octanol–water partition coefficient (Wildman–Crippen LogP) is 3.84. The monoisotopic (exact) mass is 487 g/mol. The van der Waals surface area contributed by atoms with Crippen LogP contribution in [0.4, 0.5) is 4.79 Å². The summed E-state index contributed by atoms with van der Waals surface area (Å²) in [6, 6.07) is 11.2. The average molecular weight is 488 g/mol. The van der Waals surface area contributed by atoms with Gasteiger partial charge in [0.2, 0.25) is 0 Å². The van der Waals surface area contributed by atoms with Gasteiger partial charge in [-0.2, -0.15) is 5.26 Å². The number of pyridine rings is 1. The second kappa shape index (κ2) is 9.17. The van der Waals surface area contributed by atoms with E-state index in [1.165, 1.54) is 11.1 Å². The first-order valence-electron chi connectivity index (χ1n) is 12.6. The number of carbonyl (C=O) groups is 1. The topological polar surface area (TPSA) is 100 Å². The van der Waals surface area contributed by atoms with Gasteiger partial charge in [0.15, 0.2) is 5.69 Å². The van der Waals surface area contributed by atoms with Gasteiger partial charge < -0.3 is 9.64 Å². The number of piperazine rings is 1. The third kappa shape index (κ3) is 4.65. The minimum atomic E-state index is -0.456. The van der Waals surface area contributed by atoms with Gasteiger partial charge in [-0.3, -0.25) is 4.90 Å². The highest BCUT2D eigenvalue weighted by Gasteiger charge is 2.46. The number of hydrogen-bond donors (Lipinski definition) is 0. The minimum absolute atomic E-state index is 0.180. The Labute approximate surface area is 211 Å². The van der Waals surface area contributed by atoms with Crippen molar-refractivity contribution in [3.8, 4) is 17.3 Å². The van der Waals surface area contributed by atoms with Crippen LogP contribution in [0.3, 0.4) is 0 Å². The van der Waals surface area contributed by atoms with Gasteiger partial charge in [0.25, 0.3) is 0 Å². The van der Waals surface area contributed by atoms with E-state index in [9.17, 15) is 10.1 Å². The summed E-state index contributed by atoms with van der Waals surface area (Å²) in [6.45, 7) is 10.6. The van der Waals surface area contributed by atoms with Gasteiger partial charge in [0.05, 0.1) is 11.2 Å². The summed E-state index contributed by atoms with van der Waals surface area (Å²) in [5, 5.41) is 17.6. The van der Waals surface area contributed by atoms with Gasteiger partial charge in [-0.1, -0.05) is 17.3 Å². The van der Waals surface area contributed by atoms with Gasteiger partial charge in [0, 0.05) is 37.8 Å². The fourth-order valence-electron chi connectivity index (χ4n) is 5.43. The first-order valence-corrected chi connectivity index (χ1v) is 12.6. The molecule has 5 rings (SSSR count). The predicted molar refractivity (Wildman–Crippen MR) is 136 cm³/mol. The van der Waals surface area contributed by atoms with E-state index in [1.807, 2.05) is 38.8 Å². The number of fused-ring (bicyclic) bond motifs is 3. The van der Waals surface area contributed by atoms with Crippen LogP contribution in [-0.4, -0.2) is 73.2 Å². The highest BCUT2D eigenvalue weighted by Crippen LogP contribution is 2.32. The van der Waals surface area contributed by atoms with E-state index in [0.29, 0.717) is 17.3 Å². The molecule has 188 valence electrons. The quantitative estimate of drug-likeness (QED) is 0.539. The molecule has 0 saturated carbocycles. The summed E-state index contributed by atoms with van der Waals surface area (Å²) in [5.41, 5.74) is 5.43. The van der Waals surface area contributed by atoms with Crippen molar-refractivity contribution in [2.75, 3.05) is 19.6 Å². The van der Waals surface area contributed by atoms with E-state index < -0.39 is 5.60 Å². The molecule has 0 aliphatic carbocycles. The lowest BCUT2D eigenvalue weighted by atomic mass is 9.99. The fourth-order valence-corrected chi connectivity index (χ4v) is 5.43. The van der Waals surface area contributed by atoms with Crippen LogP contribution in [0.5, 0.6) is 0 Å². The number of hydrogen-bond acceptors (Lipinski definition) is 7. The minimum Gasteiger partial charge on any atom is -0.444 e. The molecule has 36 heavy (non-hydrogen) atoms. The molecule has 2 bridgehead atoms. The highest BCUT2D eigenvalue weighted by molar-refractivity contribution is 5.83. The van der Waals surface area contributed by atoms with Crippen molar-refractivity contribution in [1.29, 1.82) is 5.26 Å². The lowest BCUT2D eigenvalue weighted by Gasteiger charge is -2.35. The zero-order valence-electron chi connectivity index (χ0n) is 21.7. The van der Waals surface area contributed by atoms with Gasteiger partial charge in [-0.05, 0) is 76.8 Å². The van der Waals surface area contributed by atoms with E-state index in [-0.39, 0.29) is 12.1 Å². The molecule has 9 nitrogen and oxygen atoms in total. The Bertz CT molecular complexity index is 1350. The number of carbonyl (C=O) groups excluding carboxylic acids is 1. The average Bonchev–Trinajstić information content (AvgIpc) is 3.53. The van der Waals surface area contributed by atoms with Crippen molar-refractivity contribution in [2.24, 2.45) is 7.05 Å². The van der Waals surface area contributed by atoms with E-state index in [1.54, 1.807) is 4.68 Å². The summed E-state index contributed by atoms with van der Waals surface area (Å²) in [5.74, 6) is 0. The van der Waals surface area contributed by atoms with E-state index >= 15 is 0 Å². The molecule has 2 aromatic heterocycles. The lowest BCUT2D eigenvalue weighted by Crippen LogP contribution is -2.50. The summed E-state index contributed by atoms with van der Waals surface area (Å²) >= 11 is 0. The van der Waals surface area contributed by atoms with Crippen molar-refractivity contribution in [2.45, 2.75) is 64.6 Å². The number of amides is 1. The number of likely N-dealkylation sites (tertiary alicyclic amines) is 2. The van der Waals surface area contributed by atoms with Gasteiger partial charge >= 0.3 is 6.09 Å². The maximum Gasteiger partial charge on any atom is 0.410 e. The summed E-state index contributed by atoms with van der Waals surface area (Å²) in [7, 11) is 1.82. The van der Waals surface area contributed by atoms with E-state index in [0.717, 1.165) is 55.7 Å². The second-order valence-corrected chi connectivity index (χ2v) is 11.0. The zero-order valence-corrected chi connectivity index (χ0v) is 21.7. The van der Waals surface area contributed by atoms with Crippen LogP contribution in [0.15, 0.2) is 24.3 Å². The molecule has 2 fully saturated rings. The Hall–Kier alpha value is -3.51. The Morgan fingerprint density at radius 3 is 2.69 bits per heavy atom. The molecule has 2 unspecified atom stereocenters. The van der Waals surface area contributed by atoms with Crippen LogP contribution in [0.25, 0.3) is 22.3 Å². The molecular formula is C27H33N7O2. The zero-order chi connectivity index (χ0) is 25.6. The van der Waals surface area contributed by atoms with Crippen molar-refractivity contribution in [3.63, 3.8) is 0 Å². The maximum absolute atomic E-state index is 12.5. The summed E-state index contributed by atoms with van der Waals surface area (Å²) in [6.07, 6.45) is 2.93. The Kier molecular flexibility index (Phi) is 6.17. The van der Waals surface area contributed by atoms with Crippen molar-refractivity contribution >= 4 is 17.1 Å². The van der Waals surface area contributed by atoms with E-state index in [4.69, 9.17) is 4.74 Å². The Balaban J connectivity index is 1.19. The molecule has 2 saturated heterocycles. The van der Waals surface area contributed by atoms with Crippen LogP contribution in [0.1, 0.15) is 50.4 Å². The Morgan fingerprint density at radius 2 is 2.03 bits per heavy atom. The number of aryl methyl sites for hydroxylation is 3. The molecule has 1 amide bonds. The molecule has 2 aliphatic heterocycles. The molecule has 4 heterocycles. The van der Waals surface area contributed by atoms with Gasteiger partial charge in [0.1, 0.15) is 17.2 Å². The molecule has 2 aliphatic rings. The van der Waals surface area contributed by atoms with Gasteiger partial charge in [-0.25, -0.2) is 14.5 Å². The number of ether oxygens (including phenoxy) is 1. The highest BCUT2D eigenvalue weighted by atomic mass is 16.6. The molecule has 0 N–H and O–H groups in total. The maximum atomic E-state index is 12.5. The first kappa shape index (κ1) is 24.2. The number of aromatic nitrogens is 4. The Morgan fingerprint density at radius 1 is 1.22 bits per heavy atom. The molecule has 1 aromatic carbocycles. The third-order valence-corrected chi connectivity index (χ3v) is 7.22. The van der Waals surface area contributed by atoms with E-state index in [2.05, 4.69) is 51.4 Å². The normalized spacial score (nSPS) is 19.7. The number of rotatable bonds is 5.